The van der Waals surface area contributed by atoms with E-state index < -0.39 is 0 Å². The monoisotopic (exact) mass is 379 g/mol. The molecule has 0 N–H and O–H groups in total. The number of aryl methyl sites for hydroxylation is 1. The van der Waals surface area contributed by atoms with Gasteiger partial charge in [0, 0.05) is 12.5 Å². The summed E-state index contributed by atoms with van der Waals surface area (Å²) in [5.41, 5.74) is 1.77. The Hall–Kier alpha value is -1.10. The molecule has 0 amide bonds. The Balaban J connectivity index is 2.50. The molecule has 0 aliphatic rings. The fourth-order valence-electron chi connectivity index (χ4n) is 1.64. The first kappa shape index (κ1) is 19.9. The van der Waals surface area contributed by atoms with Gasteiger partial charge in [-0.25, -0.2) is 0 Å². The van der Waals surface area contributed by atoms with E-state index >= 15 is 0 Å². The molecule has 0 radical (unpaired) electrons. The number of hydrogen-bond acceptors (Lipinski definition) is 4. The largest absolute Gasteiger partial charge is 0.492 e. The van der Waals surface area contributed by atoms with Gasteiger partial charge in [-0.3, -0.25) is 0 Å². The number of halogens is 3. The first-order chi connectivity index (χ1) is 10.9. The Kier molecular flexibility index (Phi) is 9.22. The number of oxime groups is 1. The third-order valence-electron chi connectivity index (χ3n) is 2.56. The van der Waals surface area contributed by atoms with Gasteiger partial charge >= 0.3 is 0 Å². The molecule has 1 rings (SSSR count). The molecule has 0 aliphatic carbocycles. The van der Waals surface area contributed by atoms with E-state index in [1.165, 1.54) is 0 Å². The fraction of sp³-hybridized carbons (Fsp3) is 0.438. The summed E-state index contributed by atoms with van der Waals surface area (Å²) in [6, 6.07) is 3.54. The van der Waals surface area contributed by atoms with Crippen molar-refractivity contribution in [3.05, 3.63) is 33.3 Å². The summed E-state index contributed by atoms with van der Waals surface area (Å²) in [6.07, 6.45) is 2.26. The summed E-state index contributed by atoms with van der Waals surface area (Å²) < 4.78 is 11.4. The molecule has 1 aromatic carbocycles. The van der Waals surface area contributed by atoms with Gasteiger partial charge in [-0.05, 0) is 38.5 Å². The van der Waals surface area contributed by atoms with Gasteiger partial charge in [0.15, 0.2) is 0 Å². The number of benzene rings is 1. The van der Waals surface area contributed by atoms with E-state index in [1.807, 2.05) is 26.8 Å². The number of hydrogen-bond donors (Lipinski definition) is 0. The van der Waals surface area contributed by atoms with Crippen LogP contribution < -0.4 is 9.47 Å². The van der Waals surface area contributed by atoms with Crippen molar-refractivity contribution in [1.29, 1.82) is 0 Å². The minimum atomic E-state index is 0.164. The zero-order valence-electron chi connectivity index (χ0n) is 13.4. The molecular formula is C16H20Cl3NO3. The smallest absolute Gasteiger partial charge is 0.141 e. The number of rotatable bonds is 9. The first-order valence-electron chi connectivity index (χ1n) is 7.10. The van der Waals surface area contributed by atoms with Crippen molar-refractivity contribution in [3.8, 4) is 11.5 Å². The number of ether oxygens (including phenoxy) is 2. The van der Waals surface area contributed by atoms with Crippen LogP contribution >= 0.6 is 34.8 Å². The summed E-state index contributed by atoms with van der Waals surface area (Å²) in [7, 11) is 0. The van der Waals surface area contributed by atoms with Crippen molar-refractivity contribution >= 4 is 40.5 Å². The highest BCUT2D eigenvalue weighted by Crippen LogP contribution is 2.33. The van der Waals surface area contributed by atoms with E-state index in [0.29, 0.717) is 36.2 Å². The zero-order valence-corrected chi connectivity index (χ0v) is 15.6. The Morgan fingerprint density at radius 3 is 2.52 bits per heavy atom. The van der Waals surface area contributed by atoms with Crippen LogP contribution in [0.2, 0.25) is 5.02 Å². The average Bonchev–Trinajstić information content (AvgIpc) is 2.44. The average molecular weight is 381 g/mol. The van der Waals surface area contributed by atoms with Crippen LogP contribution in [0.5, 0.6) is 11.5 Å². The topological polar surface area (TPSA) is 40.0 Å². The van der Waals surface area contributed by atoms with E-state index in [1.54, 1.807) is 12.1 Å². The molecule has 0 unspecified atom stereocenters. The van der Waals surface area contributed by atoms with Gasteiger partial charge in [-0.15, -0.1) is 0 Å². The first-order valence-corrected chi connectivity index (χ1v) is 8.23. The second-order valence-electron chi connectivity index (χ2n) is 4.93. The van der Waals surface area contributed by atoms with Crippen molar-refractivity contribution < 1.29 is 14.3 Å². The van der Waals surface area contributed by atoms with Gasteiger partial charge in [0.25, 0.3) is 0 Å². The second-order valence-corrected chi connectivity index (χ2v) is 6.34. The Bertz CT molecular complexity index is 543. The molecule has 23 heavy (non-hydrogen) atoms. The zero-order chi connectivity index (χ0) is 17.2. The van der Waals surface area contributed by atoms with E-state index in [4.69, 9.17) is 49.1 Å². The highest BCUT2D eigenvalue weighted by molar-refractivity contribution is 6.55. The lowest BCUT2D eigenvalue weighted by molar-refractivity contribution is 0.127. The van der Waals surface area contributed by atoms with E-state index in [-0.39, 0.29) is 11.1 Å². The van der Waals surface area contributed by atoms with Crippen molar-refractivity contribution in [2.75, 3.05) is 19.8 Å². The van der Waals surface area contributed by atoms with E-state index in [0.717, 1.165) is 11.3 Å². The highest BCUT2D eigenvalue weighted by atomic mass is 35.5. The molecule has 0 saturated heterocycles. The summed E-state index contributed by atoms with van der Waals surface area (Å²) in [6.45, 7) is 6.91. The van der Waals surface area contributed by atoms with Gasteiger partial charge in [-0.2, -0.15) is 0 Å². The molecule has 0 atom stereocenters. The third kappa shape index (κ3) is 8.35. The van der Waals surface area contributed by atoms with E-state index in [2.05, 4.69) is 5.16 Å². The molecule has 0 fully saturated rings. The fourth-order valence-corrected chi connectivity index (χ4v) is 2.08. The predicted octanol–water partition coefficient (Wildman–Crippen LogP) is 5.53. The molecule has 4 nitrogen and oxygen atoms in total. The van der Waals surface area contributed by atoms with Crippen LogP contribution in [0.3, 0.4) is 0 Å². The molecule has 0 saturated carbocycles. The van der Waals surface area contributed by atoms with Crippen LogP contribution in [-0.2, 0) is 4.84 Å². The SMILES string of the molecule is CC(C)=NOCCCOc1c(C)cc(OCC=C(Cl)Cl)cc1Cl. The maximum absolute atomic E-state index is 6.23. The van der Waals surface area contributed by atoms with Crippen LogP contribution in [0.4, 0.5) is 0 Å². The van der Waals surface area contributed by atoms with Crippen molar-refractivity contribution in [3.63, 3.8) is 0 Å². The summed E-state index contributed by atoms with van der Waals surface area (Å²) in [5.74, 6) is 1.27. The van der Waals surface area contributed by atoms with Gasteiger partial charge in [0.05, 0.1) is 17.3 Å². The van der Waals surface area contributed by atoms with Crippen molar-refractivity contribution in [1.82, 2.24) is 0 Å². The standard InChI is InChI=1S/C16H20Cl3NO3/c1-11(2)20-23-7-4-6-22-16-12(3)9-13(10-14(16)17)21-8-5-15(18)19/h5,9-10H,4,6-8H2,1-3H3. The van der Waals surface area contributed by atoms with Gasteiger partial charge in [-0.1, -0.05) is 40.0 Å². The summed E-state index contributed by atoms with van der Waals surface area (Å²) >= 11 is 17.3. The van der Waals surface area contributed by atoms with Crippen LogP contribution in [0.25, 0.3) is 0 Å². The lowest BCUT2D eigenvalue weighted by Crippen LogP contribution is -2.03. The van der Waals surface area contributed by atoms with Gasteiger partial charge < -0.3 is 14.3 Å². The molecule has 0 spiro atoms. The Morgan fingerprint density at radius 2 is 1.91 bits per heavy atom. The molecule has 7 heteroatoms. The molecule has 128 valence electrons. The van der Waals surface area contributed by atoms with Crippen molar-refractivity contribution in [2.45, 2.75) is 27.2 Å². The minimum absolute atomic E-state index is 0.164. The quantitative estimate of drug-likeness (QED) is 0.321. The van der Waals surface area contributed by atoms with Crippen LogP contribution in [0.1, 0.15) is 25.8 Å². The Morgan fingerprint density at radius 1 is 1.17 bits per heavy atom. The van der Waals surface area contributed by atoms with Crippen LogP contribution in [0, 0.1) is 6.92 Å². The maximum Gasteiger partial charge on any atom is 0.141 e. The molecule has 1 aromatic rings. The molecule has 0 bridgehead atoms. The predicted molar refractivity (Wildman–Crippen MR) is 96.3 cm³/mol. The molecular weight excluding hydrogens is 361 g/mol. The highest BCUT2D eigenvalue weighted by Gasteiger charge is 2.09. The normalized spacial score (nSPS) is 10.0. The second kappa shape index (κ2) is 10.6. The molecule has 0 aliphatic heterocycles. The lowest BCUT2D eigenvalue weighted by Gasteiger charge is -2.13. The third-order valence-corrected chi connectivity index (χ3v) is 3.15. The van der Waals surface area contributed by atoms with Crippen LogP contribution in [0.15, 0.2) is 27.9 Å². The summed E-state index contributed by atoms with van der Waals surface area (Å²) in [4.78, 5) is 5.10. The van der Waals surface area contributed by atoms with Crippen LogP contribution in [-0.4, -0.2) is 25.5 Å². The van der Waals surface area contributed by atoms with E-state index in [9.17, 15) is 0 Å². The molecule has 0 aromatic heterocycles. The minimum Gasteiger partial charge on any atom is -0.492 e. The maximum atomic E-state index is 6.23. The van der Waals surface area contributed by atoms with Gasteiger partial charge in [0.1, 0.15) is 29.2 Å². The lowest BCUT2D eigenvalue weighted by atomic mass is 10.2. The molecule has 0 heterocycles. The van der Waals surface area contributed by atoms with Gasteiger partial charge in [0.2, 0.25) is 0 Å². The Labute approximate surface area is 151 Å². The summed E-state index contributed by atoms with van der Waals surface area (Å²) in [5, 5.41) is 4.34. The number of nitrogens with zero attached hydrogens (tertiary/aromatic N) is 1. The van der Waals surface area contributed by atoms with Crippen molar-refractivity contribution in [2.24, 2.45) is 5.16 Å².